The number of ether oxygens (including phenoxy) is 1. The maximum absolute atomic E-state index is 9.27. The highest BCUT2D eigenvalue weighted by molar-refractivity contribution is 7.98. The van der Waals surface area contributed by atoms with E-state index in [2.05, 4.69) is 20.3 Å². The zero-order valence-electron chi connectivity index (χ0n) is 14.3. The van der Waals surface area contributed by atoms with Crippen LogP contribution in [0.4, 0.5) is 5.82 Å². The molecule has 0 saturated carbocycles. The maximum atomic E-state index is 9.27. The van der Waals surface area contributed by atoms with Crippen molar-refractivity contribution in [2.75, 3.05) is 31.3 Å². The highest BCUT2D eigenvalue weighted by Gasteiger charge is 2.28. The number of aliphatic hydroxyl groups is 2. The number of rotatable bonds is 7. The Hall–Kier alpha value is -1.68. The Kier molecular flexibility index (Phi) is 5.89. The van der Waals surface area contributed by atoms with Gasteiger partial charge in [0.25, 0.3) is 0 Å². The minimum absolute atomic E-state index is 0.0253. The molecule has 8 nitrogen and oxygen atoms in total. The van der Waals surface area contributed by atoms with Crippen LogP contribution in [0, 0.1) is 0 Å². The molecule has 25 heavy (non-hydrogen) atoms. The third-order valence-corrected chi connectivity index (χ3v) is 4.70. The molecule has 0 bridgehead atoms. The first-order chi connectivity index (χ1) is 12.2. The fraction of sp³-hybridized carbons (Fsp3) is 0.562. The first-order valence-electron chi connectivity index (χ1n) is 8.21. The van der Waals surface area contributed by atoms with Crippen LogP contribution in [-0.4, -0.2) is 61.9 Å². The highest BCUT2D eigenvalue weighted by atomic mass is 32.2. The average molecular weight is 365 g/mol. The molecule has 0 spiro atoms. The van der Waals surface area contributed by atoms with Gasteiger partial charge in [-0.1, -0.05) is 23.4 Å². The number of anilines is 1. The van der Waals surface area contributed by atoms with E-state index in [4.69, 9.17) is 9.84 Å². The van der Waals surface area contributed by atoms with E-state index in [0.717, 1.165) is 18.4 Å². The first kappa shape index (κ1) is 18.1. The van der Waals surface area contributed by atoms with Crippen molar-refractivity contribution < 1.29 is 14.9 Å². The van der Waals surface area contributed by atoms with E-state index in [-0.39, 0.29) is 25.5 Å². The van der Waals surface area contributed by atoms with Crippen LogP contribution in [0.2, 0.25) is 0 Å². The Morgan fingerprint density at radius 1 is 1.44 bits per heavy atom. The molecule has 2 atom stereocenters. The predicted octanol–water partition coefficient (Wildman–Crippen LogP) is 1.57. The van der Waals surface area contributed by atoms with E-state index >= 15 is 0 Å². The van der Waals surface area contributed by atoms with Gasteiger partial charge in [-0.25, -0.2) is 15.0 Å². The molecule has 9 heteroatoms. The number of hydrogen-bond donors (Lipinski definition) is 3. The van der Waals surface area contributed by atoms with Crippen LogP contribution >= 0.6 is 11.8 Å². The van der Waals surface area contributed by atoms with Crippen molar-refractivity contribution in [1.82, 2.24) is 19.5 Å². The fourth-order valence-electron chi connectivity index (χ4n) is 2.73. The predicted molar refractivity (Wildman–Crippen MR) is 96.7 cm³/mol. The Bertz CT molecular complexity index is 764. The summed E-state index contributed by atoms with van der Waals surface area (Å²) in [6, 6.07) is 0. The summed E-state index contributed by atoms with van der Waals surface area (Å²) in [4.78, 5) is 13.6. The lowest BCUT2D eigenvalue weighted by Crippen LogP contribution is -2.14. The summed E-state index contributed by atoms with van der Waals surface area (Å²) in [5, 5.41) is 22.2. The standard InChI is InChI=1S/C16H23N5O3S/c1-10(7-22)5-6-17-14-13-15(20-16(19-14)25-2)21(9-18-13)12-4-3-11(8-23)24-12/h5,9,11-12,22-23H,3-4,6-8H2,1-2H3,(H,17,19,20)/b10-5+/t11-,12?/m0/s1. The largest absolute Gasteiger partial charge is 0.394 e. The van der Waals surface area contributed by atoms with Gasteiger partial charge < -0.3 is 20.3 Å². The second-order valence-corrected chi connectivity index (χ2v) is 6.72. The highest BCUT2D eigenvalue weighted by Crippen LogP contribution is 2.32. The molecule has 1 aliphatic rings. The molecule has 2 aromatic rings. The molecule has 0 radical (unpaired) electrons. The lowest BCUT2D eigenvalue weighted by molar-refractivity contribution is -0.0207. The van der Waals surface area contributed by atoms with Crippen molar-refractivity contribution in [3.05, 3.63) is 18.0 Å². The van der Waals surface area contributed by atoms with Crippen LogP contribution in [-0.2, 0) is 4.74 Å². The molecule has 1 saturated heterocycles. The van der Waals surface area contributed by atoms with Crippen LogP contribution in [0.15, 0.2) is 23.1 Å². The summed E-state index contributed by atoms with van der Waals surface area (Å²) < 4.78 is 7.76. The Morgan fingerprint density at radius 3 is 2.96 bits per heavy atom. The van der Waals surface area contributed by atoms with E-state index in [9.17, 15) is 5.11 Å². The smallest absolute Gasteiger partial charge is 0.191 e. The van der Waals surface area contributed by atoms with Gasteiger partial charge in [0, 0.05) is 6.54 Å². The van der Waals surface area contributed by atoms with Crippen LogP contribution in [0.1, 0.15) is 26.0 Å². The molecule has 0 amide bonds. The number of imidazole rings is 1. The molecule has 3 rings (SSSR count). The van der Waals surface area contributed by atoms with Gasteiger partial charge in [-0.3, -0.25) is 4.57 Å². The number of fused-ring (bicyclic) bond motifs is 1. The number of hydrogen-bond acceptors (Lipinski definition) is 8. The number of aromatic nitrogens is 4. The number of thioether (sulfide) groups is 1. The minimum Gasteiger partial charge on any atom is -0.394 e. The van der Waals surface area contributed by atoms with Crippen LogP contribution in [0.5, 0.6) is 0 Å². The molecular weight excluding hydrogens is 342 g/mol. The monoisotopic (exact) mass is 365 g/mol. The van der Waals surface area contributed by atoms with Gasteiger partial charge >= 0.3 is 0 Å². The summed E-state index contributed by atoms with van der Waals surface area (Å²) in [6.45, 7) is 2.48. The third-order valence-electron chi connectivity index (χ3n) is 4.15. The molecule has 1 aliphatic heterocycles. The Balaban J connectivity index is 1.90. The van der Waals surface area contributed by atoms with E-state index in [1.54, 1.807) is 6.33 Å². The molecule has 0 aromatic carbocycles. The topological polar surface area (TPSA) is 105 Å². The van der Waals surface area contributed by atoms with Crippen molar-refractivity contribution in [2.24, 2.45) is 0 Å². The van der Waals surface area contributed by atoms with Crippen LogP contribution < -0.4 is 5.32 Å². The maximum Gasteiger partial charge on any atom is 0.191 e. The zero-order chi connectivity index (χ0) is 17.8. The summed E-state index contributed by atoms with van der Waals surface area (Å²) >= 11 is 1.46. The second kappa shape index (κ2) is 8.13. The Morgan fingerprint density at radius 2 is 2.28 bits per heavy atom. The zero-order valence-corrected chi connectivity index (χ0v) is 15.2. The van der Waals surface area contributed by atoms with E-state index in [0.29, 0.717) is 28.7 Å². The first-order valence-corrected chi connectivity index (χ1v) is 9.44. The van der Waals surface area contributed by atoms with Gasteiger partial charge in [0.05, 0.1) is 25.6 Å². The van der Waals surface area contributed by atoms with Crippen LogP contribution in [0.3, 0.4) is 0 Å². The third kappa shape index (κ3) is 3.95. The van der Waals surface area contributed by atoms with Crippen LogP contribution in [0.25, 0.3) is 11.2 Å². The average Bonchev–Trinajstić information content (AvgIpc) is 3.27. The molecule has 3 N–H and O–H groups in total. The summed E-state index contributed by atoms with van der Waals surface area (Å²) in [6.07, 6.45) is 6.89. The normalized spacial score (nSPS) is 21.2. The number of aliphatic hydroxyl groups excluding tert-OH is 2. The SMILES string of the molecule is CSc1nc(NC/C=C(\C)CO)c2ncn(C3CC[C@@H](CO)O3)c2n1. The molecular formula is C16H23N5O3S. The molecule has 136 valence electrons. The van der Waals surface area contributed by atoms with Gasteiger partial charge in [0.15, 0.2) is 22.1 Å². The molecule has 0 aliphatic carbocycles. The fourth-order valence-corrected chi connectivity index (χ4v) is 3.09. The lowest BCUT2D eigenvalue weighted by Gasteiger charge is -2.14. The van der Waals surface area contributed by atoms with Gasteiger partial charge in [0.2, 0.25) is 0 Å². The number of nitrogens with one attached hydrogen (secondary N) is 1. The molecule has 1 fully saturated rings. The molecule has 3 heterocycles. The van der Waals surface area contributed by atoms with Gasteiger partial charge in [0.1, 0.15) is 6.23 Å². The Labute approximate surface area is 150 Å². The summed E-state index contributed by atoms with van der Waals surface area (Å²) in [7, 11) is 0. The van der Waals surface area contributed by atoms with E-state index in [1.165, 1.54) is 11.8 Å². The summed E-state index contributed by atoms with van der Waals surface area (Å²) in [5.41, 5.74) is 2.29. The second-order valence-electron chi connectivity index (χ2n) is 5.95. The quantitative estimate of drug-likeness (QED) is 0.386. The molecule has 2 aromatic heterocycles. The van der Waals surface area contributed by atoms with Crippen molar-refractivity contribution >= 4 is 28.7 Å². The lowest BCUT2D eigenvalue weighted by atomic mass is 10.2. The van der Waals surface area contributed by atoms with Crippen molar-refractivity contribution in [2.45, 2.75) is 37.3 Å². The van der Waals surface area contributed by atoms with Gasteiger partial charge in [-0.15, -0.1) is 0 Å². The van der Waals surface area contributed by atoms with Crippen molar-refractivity contribution in [1.29, 1.82) is 0 Å². The number of nitrogens with zero attached hydrogens (tertiary/aromatic N) is 4. The van der Waals surface area contributed by atoms with Crippen molar-refractivity contribution in [3.63, 3.8) is 0 Å². The minimum atomic E-state index is -0.170. The van der Waals surface area contributed by atoms with Gasteiger partial charge in [-0.2, -0.15) is 0 Å². The van der Waals surface area contributed by atoms with E-state index in [1.807, 2.05) is 23.8 Å². The van der Waals surface area contributed by atoms with Gasteiger partial charge in [-0.05, 0) is 26.0 Å². The van der Waals surface area contributed by atoms with E-state index < -0.39 is 0 Å². The van der Waals surface area contributed by atoms with Crippen molar-refractivity contribution in [3.8, 4) is 0 Å². The summed E-state index contributed by atoms with van der Waals surface area (Å²) in [5.74, 6) is 0.659. The molecule has 1 unspecified atom stereocenters.